The quantitative estimate of drug-likeness (QED) is 0.917. The Balaban J connectivity index is 1.43. The van der Waals surface area contributed by atoms with Gasteiger partial charge >= 0.3 is 0 Å². The molecule has 2 fully saturated rings. The van der Waals surface area contributed by atoms with Crippen LogP contribution in [0.1, 0.15) is 37.2 Å². The SMILES string of the molecule is O=C(C1CCOCC1)N1CCC(c2c[nH]c3ccc(F)cc23)CC1. The molecule has 1 N–H and O–H groups in total. The molecule has 0 unspecified atom stereocenters. The zero-order chi connectivity index (χ0) is 16.5. The second kappa shape index (κ2) is 6.55. The predicted octanol–water partition coefficient (Wildman–Crippen LogP) is 3.44. The van der Waals surface area contributed by atoms with Crippen LogP contribution in [0.15, 0.2) is 24.4 Å². The fourth-order valence-electron chi connectivity index (χ4n) is 4.07. The molecule has 0 radical (unpaired) electrons. The molecule has 2 aromatic rings. The van der Waals surface area contributed by atoms with Gasteiger partial charge in [0.15, 0.2) is 0 Å². The molecule has 0 bridgehead atoms. The highest BCUT2D eigenvalue weighted by Gasteiger charge is 2.30. The van der Waals surface area contributed by atoms with Crippen molar-refractivity contribution in [1.29, 1.82) is 0 Å². The number of amides is 1. The molecule has 0 saturated carbocycles. The van der Waals surface area contributed by atoms with Gasteiger partial charge in [-0.3, -0.25) is 4.79 Å². The second-order valence-electron chi connectivity index (χ2n) is 6.92. The van der Waals surface area contributed by atoms with E-state index in [1.54, 1.807) is 12.1 Å². The van der Waals surface area contributed by atoms with Crippen LogP contribution < -0.4 is 0 Å². The van der Waals surface area contributed by atoms with Gasteiger partial charge in [0.05, 0.1) is 0 Å². The molecule has 0 aliphatic carbocycles. The van der Waals surface area contributed by atoms with Crippen LogP contribution >= 0.6 is 0 Å². The van der Waals surface area contributed by atoms with Gasteiger partial charge in [-0.1, -0.05) is 0 Å². The van der Waals surface area contributed by atoms with Crippen molar-refractivity contribution >= 4 is 16.8 Å². The van der Waals surface area contributed by atoms with E-state index in [1.165, 1.54) is 11.6 Å². The summed E-state index contributed by atoms with van der Waals surface area (Å²) in [6.45, 7) is 2.99. The Morgan fingerprint density at radius 3 is 2.67 bits per heavy atom. The van der Waals surface area contributed by atoms with Crippen LogP contribution in [0.4, 0.5) is 4.39 Å². The van der Waals surface area contributed by atoms with Crippen LogP contribution in [0.3, 0.4) is 0 Å². The van der Waals surface area contributed by atoms with E-state index in [0.29, 0.717) is 25.0 Å². The first kappa shape index (κ1) is 15.6. The molecule has 128 valence electrons. The van der Waals surface area contributed by atoms with E-state index in [1.807, 2.05) is 11.1 Å². The maximum Gasteiger partial charge on any atom is 0.225 e. The van der Waals surface area contributed by atoms with Crippen molar-refractivity contribution in [2.24, 2.45) is 5.92 Å². The molecule has 2 saturated heterocycles. The molecule has 0 atom stereocenters. The van der Waals surface area contributed by atoms with Gasteiger partial charge in [0, 0.05) is 49.3 Å². The van der Waals surface area contributed by atoms with Crippen molar-refractivity contribution in [3.05, 3.63) is 35.8 Å². The highest BCUT2D eigenvalue weighted by atomic mass is 19.1. The average Bonchev–Trinajstić information content (AvgIpc) is 3.05. The summed E-state index contributed by atoms with van der Waals surface area (Å²) in [5, 5.41) is 0.976. The summed E-state index contributed by atoms with van der Waals surface area (Å²) in [6.07, 6.45) is 5.59. The Hall–Kier alpha value is -1.88. The second-order valence-corrected chi connectivity index (χ2v) is 6.92. The zero-order valence-electron chi connectivity index (χ0n) is 13.8. The summed E-state index contributed by atoms with van der Waals surface area (Å²) in [6, 6.07) is 4.89. The van der Waals surface area contributed by atoms with Gasteiger partial charge in [-0.15, -0.1) is 0 Å². The number of aromatic nitrogens is 1. The number of ether oxygens (including phenoxy) is 1. The van der Waals surface area contributed by atoms with Gasteiger partial charge in [0.1, 0.15) is 5.82 Å². The van der Waals surface area contributed by atoms with Gasteiger partial charge in [0.2, 0.25) is 5.91 Å². The number of nitrogens with one attached hydrogen (secondary N) is 1. The van der Waals surface area contributed by atoms with Gasteiger partial charge in [0.25, 0.3) is 0 Å². The first-order valence-corrected chi connectivity index (χ1v) is 8.85. The normalized spacial score (nSPS) is 20.6. The van der Waals surface area contributed by atoms with Gasteiger partial charge in [-0.25, -0.2) is 4.39 Å². The number of carbonyl (C=O) groups excluding carboxylic acids is 1. The smallest absolute Gasteiger partial charge is 0.225 e. The lowest BCUT2D eigenvalue weighted by Gasteiger charge is -2.35. The highest BCUT2D eigenvalue weighted by Crippen LogP contribution is 2.34. The third-order valence-electron chi connectivity index (χ3n) is 5.49. The number of benzene rings is 1. The fourth-order valence-corrected chi connectivity index (χ4v) is 4.07. The minimum Gasteiger partial charge on any atom is -0.381 e. The Labute approximate surface area is 141 Å². The number of fused-ring (bicyclic) bond motifs is 1. The van der Waals surface area contributed by atoms with Crippen LogP contribution in [0.5, 0.6) is 0 Å². The molecule has 2 aliphatic heterocycles. The van der Waals surface area contributed by atoms with E-state index in [9.17, 15) is 9.18 Å². The maximum absolute atomic E-state index is 13.6. The van der Waals surface area contributed by atoms with E-state index in [4.69, 9.17) is 4.74 Å². The zero-order valence-corrected chi connectivity index (χ0v) is 13.8. The monoisotopic (exact) mass is 330 g/mol. The lowest BCUT2D eigenvalue weighted by molar-refractivity contribution is -0.139. The van der Waals surface area contributed by atoms with Gasteiger partial charge < -0.3 is 14.6 Å². The highest BCUT2D eigenvalue weighted by molar-refractivity contribution is 5.84. The van der Waals surface area contributed by atoms with E-state index < -0.39 is 0 Å². The Morgan fingerprint density at radius 2 is 1.92 bits per heavy atom. The maximum atomic E-state index is 13.6. The lowest BCUT2D eigenvalue weighted by atomic mass is 9.88. The number of halogens is 1. The molecule has 1 amide bonds. The number of piperidine rings is 1. The number of likely N-dealkylation sites (tertiary alicyclic amines) is 1. The van der Waals surface area contributed by atoms with E-state index in [0.717, 1.165) is 49.7 Å². The molecular weight excluding hydrogens is 307 g/mol. The van der Waals surface area contributed by atoms with Crippen molar-refractivity contribution in [3.8, 4) is 0 Å². The number of hydrogen-bond donors (Lipinski definition) is 1. The van der Waals surface area contributed by atoms with E-state index in [-0.39, 0.29) is 11.7 Å². The van der Waals surface area contributed by atoms with Crippen LogP contribution in [-0.4, -0.2) is 42.1 Å². The number of aromatic amines is 1. The Bertz CT molecular complexity index is 728. The van der Waals surface area contributed by atoms with Crippen LogP contribution in [0.2, 0.25) is 0 Å². The summed E-state index contributed by atoms with van der Waals surface area (Å²) >= 11 is 0. The molecule has 1 aromatic heterocycles. The number of carbonyl (C=O) groups is 1. The predicted molar refractivity (Wildman–Crippen MR) is 90.4 cm³/mol. The first-order chi connectivity index (χ1) is 11.7. The van der Waals surface area contributed by atoms with E-state index >= 15 is 0 Å². The standard InChI is InChI=1S/C19H23FN2O2/c20-15-1-2-18-16(11-15)17(12-21-18)13-3-7-22(8-4-13)19(23)14-5-9-24-10-6-14/h1-2,11-14,21H,3-10H2. The third-order valence-corrected chi connectivity index (χ3v) is 5.49. The Kier molecular flexibility index (Phi) is 4.27. The molecule has 3 heterocycles. The Morgan fingerprint density at radius 1 is 1.17 bits per heavy atom. The molecule has 4 rings (SSSR count). The van der Waals surface area contributed by atoms with Crippen molar-refractivity contribution < 1.29 is 13.9 Å². The van der Waals surface area contributed by atoms with Crippen molar-refractivity contribution in [2.75, 3.05) is 26.3 Å². The van der Waals surface area contributed by atoms with Crippen LogP contribution in [-0.2, 0) is 9.53 Å². The summed E-state index contributed by atoms with van der Waals surface area (Å²) in [4.78, 5) is 17.9. The molecule has 0 spiro atoms. The molecular formula is C19H23FN2O2. The van der Waals surface area contributed by atoms with Crippen LogP contribution in [0.25, 0.3) is 10.9 Å². The molecule has 24 heavy (non-hydrogen) atoms. The number of hydrogen-bond acceptors (Lipinski definition) is 2. The molecule has 4 nitrogen and oxygen atoms in total. The average molecular weight is 330 g/mol. The van der Waals surface area contributed by atoms with Crippen LogP contribution in [0, 0.1) is 11.7 Å². The summed E-state index contributed by atoms with van der Waals surface area (Å²) in [5.74, 6) is 0.619. The number of rotatable bonds is 2. The fraction of sp³-hybridized carbons (Fsp3) is 0.526. The van der Waals surface area contributed by atoms with Crippen molar-refractivity contribution in [1.82, 2.24) is 9.88 Å². The summed E-state index contributed by atoms with van der Waals surface area (Å²) < 4.78 is 18.9. The summed E-state index contributed by atoms with van der Waals surface area (Å²) in [7, 11) is 0. The summed E-state index contributed by atoms with van der Waals surface area (Å²) in [5.41, 5.74) is 2.16. The number of H-pyrrole nitrogens is 1. The minimum atomic E-state index is -0.199. The molecule has 2 aliphatic rings. The van der Waals surface area contributed by atoms with Crippen molar-refractivity contribution in [2.45, 2.75) is 31.6 Å². The lowest BCUT2D eigenvalue weighted by Crippen LogP contribution is -2.42. The minimum absolute atomic E-state index is 0.137. The molecule has 1 aromatic carbocycles. The third kappa shape index (κ3) is 2.93. The number of nitrogens with zero attached hydrogens (tertiary/aromatic N) is 1. The van der Waals surface area contributed by atoms with Gasteiger partial charge in [-0.2, -0.15) is 0 Å². The molecule has 5 heteroatoms. The van der Waals surface area contributed by atoms with E-state index in [2.05, 4.69) is 4.98 Å². The first-order valence-electron chi connectivity index (χ1n) is 8.85. The van der Waals surface area contributed by atoms with Crippen molar-refractivity contribution in [3.63, 3.8) is 0 Å². The van der Waals surface area contributed by atoms with Gasteiger partial charge in [-0.05, 0) is 55.4 Å². The topological polar surface area (TPSA) is 45.3 Å². The largest absolute Gasteiger partial charge is 0.381 e.